The first kappa shape index (κ1) is 11.4. The van der Waals surface area contributed by atoms with E-state index in [1.807, 2.05) is 48.5 Å². The summed E-state index contributed by atoms with van der Waals surface area (Å²) in [6.45, 7) is 0. The van der Waals surface area contributed by atoms with E-state index < -0.39 is 0 Å². The molecule has 0 N–H and O–H groups in total. The number of para-hydroxylation sites is 2. The highest BCUT2D eigenvalue weighted by Crippen LogP contribution is 2.42. The zero-order valence-corrected chi connectivity index (χ0v) is 12.0. The van der Waals surface area contributed by atoms with Crippen LogP contribution in [0.1, 0.15) is 0 Å². The Labute approximate surface area is 129 Å². The molecule has 23 heavy (non-hydrogen) atoms. The first-order chi connectivity index (χ1) is 11.4. The molecule has 3 heteroatoms. The Hall–Kier alpha value is -3.20. The second-order valence-corrected chi connectivity index (χ2v) is 5.78. The van der Waals surface area contributed by atoms with Gasteiger partial charge in [0.1, 0.15) is 22.3 Å². The fourth-order valence-corrected chi connectivity index (χ4v) is 3.52. The van der Waals surface area contributed by atoms with Crippen LogP contribution in [0.15, 0.2) is 73.9 Å². The summed E-state index contributed by atoms with van der Waals surface area (Å²) in [7, 11) is 0. The molecule has 0 aliphatic rings. The lowest BCUT2D eigenvalue weighted by molar-refractivity contribution is 0.524. The average Bonchev–Trinajstić information content (AvgIpc) is 3.22. The van der Waals surface area contributed by atoms with Gasteiger partial charge in [0, 0.05) is 16.2 Å². The van der Waals surface area contributed by atoms with Crippen molar-refractivity contribution in [1.29, 1.82) is 0 Å². The van der Waals surface area contributed by atoms with Crippen molar-refractivity contribution in [1.82, 2.24) is 0 Å². The minimum Gasteiger partial charge on any atom is -0.455 e. The summed E-state index contributed by atoms with van der Waals surface area (Å²) in [4.78, 5) is 0. The summed E-state index contributed by atoms with van der Waals surface area (Å²) in [6, 6.07) is 20.1. The highest BCUT2D eigenvalue weighted by atomic mass is 16.5. The third-order valence-electron chi connectivity index (χ3n) is 4.52. The Balaban J connectivity index is 1.97. The van der Waals surface area contributed by atoms with Gasteiger partial charge in [0.25, 0.3) is 5.78 Å². The van der Waals surface area contributed by atoms with Crippen molar-refractivity contribution in [3.63, 3.8) is 0 Å². The zero-order valence-electron chi connectivity index (χ0n) is 12.0. The maximum Gasteiger partial charge on any atom is 0.299 e. The molecule has 6 rings (SSSR count). The van der Waals surface area contributed by atoms with Crippen molar-refractivity contribution in [2.24, 2.45) is 0 Å². The number of fused-ring (bicyclic) bond motifs is 9. The van der Waals surface area contributed by atoms with Crippen LogP contribution in [-0.4, -0.2) is 0 Å². The summed E-state index contributed by atoms with van der Waals surface area (Å²) in [5, 5.41) is 5.24. The second-order valence-electron chi connectivity index (χ2n) is 5.78. The van der Waals surface area contributed by atoms with Crippen molar-refractivity contribution in [2.75, 3.05) is 0 Å². The van der Waals surface area contributed by atoms with Gasteiger partial charge in [-0.25, -0.2) is 0 Å². The van der Waals surface area contributed by atoms with E-state index >= 15 is 0 Å². The van der Waals surface area contributed by atoms with Crippen molar-refractivity contribution < 1.29 is 13.3 Å². The first-order valence-corrected chi connectivity index (χ1v) is 7.54. The van der Waals surface area contributed by atoms with Crippen LogP contribution in [0.5, 0.6) is 0 Å². The third-order valence-corrected chi connectivity index (χ3v) is 4.52. The van der Waals surface area contributed by atoms with Gasteiger partial charge in [-0.1, -0.05) is 36.4 Å². The summed E-state index contributed by atoms with van der Waals surface area (Å²) < 4.78 is 17.9. The largest absolute Gasteiger partial charge is 0.455 e. The van der Waals surface area contributed by atoms with Crippen LogP contribution in [0.2, 0.25) is 0 Å². The lowest BCUT2D eigenvalue weighted by atomic mass is 10.1. The summed E-state index contributed by atoms with van der Waals surface area (Å²) in [5.74, 6) is 0.550. The van der Waals surface area contributed by atoms with Gasteiger partial charge in [0.05, 0.1) is 10.8 Å². The standard InChI is InChI=1S/C20H10O3/c1-3-7-14-11(5-1)12-9-10-16-18(19(12)21-14)17-13-6-2-4-8-15(13)22-20(17)23-16/h1-10H. The maximum absolute atomic E-state index is 6.15. The number of rotatable bonds is 0. The Morgan fingerprint density at radius 1 is 0.478 bits per heavy atom. The summed E-state index contributed by atoms with van der Waals surface area (Å²) in [6.07, 6.45) is 0. The maximum atomic E-state index is 6.15. The van der Waals surface area contributed by atoms with Gasteiger partial charge in [-0.3, -0.25) is 0 Å². The van der Waals surface area contributed by atoms with Gasteiger partial charge in [-0.15, -0.1) is 0 Å². The van der Waals surface area contributed by atoms with Crippen LogP contribution in [0, 0.1) is 0 Å². The van der Waals surface area contributed by atoms with Crippen molar-refractivity contribution in [3.05, 3.63) is 60.7 Å². The van der Waals surface area contributed by atoms with Crippen LogP contribution >= 0.6 is 0 Å². The molecule has 3 nitrogen and oxygen atoms in total. The Kier molecular flexibility index (Phi) is 1.86. The molecule has 0 aliphatic carbocycles. The van der Waals surface area contributed by atoms with E-state index in [1.54, 1.807) is 0 Å². The SMILES string of the molecule is c1ccc2c(c1)oc1c2ccc2oc3oc4ccccc4c3c21. The van der Waals surface area contributed by atoms with E-state index in [0.29, 0.717) is 5.78 Å². The molecule has 0 aliphatic heterocycles. The normalized spacial score (nSPS) is 12.3. The molecule has 0 atom stereocenters. The molecule has 3 aromatic heterocycles. The van der Waals surface area contributed by atoms with Crippen LogP contribution in [0.4, 0.5) is 0 Å². The molecule has 3 heterocycles. The molecule has 0 unspecified atom stereocenters. The molecule has 6 aromatic rings. The fraction of sp³-hybridized carbons (Fsp3) is 0. The highest BCUT2D eigenvalue weighted by molar-refractivity contribution is 6.26. The highest BCUT2D eigenvalue weighted by Gasteiger charge is 2.20. The topological polar surface area (TPSA) is 39.4 Å². The van der Waals surface area contributed by atoms with E-state index in [9.17, 15) is 0 Å². The molecule has 0 radical (unpaired) electrons. The Morgan fingerprint density at radius 3 is 2.04 bits per heavy atom. The molecule has 0 bridgehead atoms. The van der Waals surface area contributed by atoms with Crippen LogP contribution in [-0.2, 0) is 0 Å². The molecule has 3 aromatic carbocycles. The molecule has 0 amide bonds. The second kappa shape index (κ2) is 3.76. The van der Waals surface area contributed by atoms with E-state index in [-0.39, 0.29) is 0 Å². The number of hydrogen-bond donors (Lipinski definition) is 0. The average molecular weight is 298 g/mol. The van der Waals surface area contributed by atoms with E-state index in [0.717, 1.165) is 49.3 Å². The molecular weight excluding hydrogens is 288 g/mol. The van der Waals surface area contributed by atoms with Gasteiger partial charge < -0.3 is 13.3 Å². The molecule has 0 spiro atoms. The summed E-state index contributed by atoms with van der Waals surface area (Å²) in [5.41, 5.74) is 3.36. The first-order valence-electron chi connectivity index (χ1n) is 7.54. The predicted molar refractivity (Wildman–Crippen MR) is 90.8 cm³/mol. The van der Waals surface area contributed by atoms with Crippen LogP contribution < -0.4 is 0 Å². The molecular formula is C20H10O3. The van der Waals surface area contributed by atoms with Gasteiger partial charge in [0.2, 0.25) is 0 Å². The number of hydrogen-bond acceptors (Lipinski definition) is 3. The van der Waals surface area contributed by atoms with Crippen molar-refractivity contribution >= 4 is 55.0 Å². The Morgan fingerprint density at radius 2 is 1.17 bits per heavy atom. The smallest absolute Gasteiger partial charge is 0.299 e. The zero-order chi connectivity index (χ0) is 15.0. The quantitative estimate of drug-likeness (QED) is 0.333. The molecule has 0 saturated heterocycles. The minimum absolute atomic E-state index is 0.550. The van der Waals surface area contributed by atoms with Crippen molar-refractivity contribution in [3.8, 4) is 0 Å². The third kappa shape index (κ3) is 1.30. The minimum atomic E-state index is 0.550. The van der Waals surface area contributed by atoms with Crippen LogP contribution in [0.3, 0.4) is 0 Å². The molecule has 108 valence electrons. The number of furan rings is 3. The van der Waals surface area contributed by atoms with E-state index in [2.05, 4.69) is 12.1 Å². The molecule has 0 fully saturated rings. The predicted octanol–water partition coefficient (Wildman–Crippen LogP) is 6.23. The lowest BCUT2D eigenvalue weighted by Crippen LogP contribution is -1.70. The van der Waals surface area contributed by atoms with Gasteiger partial charge in [-0.05, 0) is 24.3 Å². The Bertz CT molecular complexity index is 1360. The van der Waals surface area contributed by atoms with Crippen molar-refractivity contribution in [2.45, 2.75) is 0 Å². The van der Waals surface area contributed by atoms with Crippen LogP contribution in [0.25, 0.3) is 55.0 Å². The molecule has 0 saturated carbocycles. The summed E-state index contributed by atoms with van der Waals surface area (Å²) >= 11 is 0. The van der Waals surface area contributed by atoms with E-state index in [1.165, 1.54) is 0 Å². The monoisotopic (exact) mass is 298 g/mol. The lowest BCUT2D eigenvalue weighted by Gasteiger charge is -1.92. The van der Waals surface area contributed by atoms with E-state index in [4.69, 9.17) is 13.3 Å². The van der Waals surface area contributed by atoms with Gasteiger partial charge in [-0.2, -0.15) is 0 Å². The van der Waals surface area contributed by atoms with Gasteiger partial charge in [0.15, 0.2) is 0 Å². The van der Waals surface area contributed by atoms with Gasteiger partial charge >= 0.3 is 0 Å². The number of benzene rings is 3. The fourth-order valence-electron chi connectivity index (χ4n) is 3.52.